The Labute approximate surface area is 119 Å². The third-order valence-corrected chi connectivity index (χ3v) is 1.78. The van der Waals surface area contributed by atoms with Gasteiger partial charge < -0.3 is 0 Å². The van der Waals surface area contributed by atoms with Crippen LogP contribution in [-0.2, 0) is 0 Å². The zero-order valence-electron chi connectivity index (χ0n) is 12.6. The Morgan fingerprint density at radius 1 is 0.842 bits per heavy atom. The lowest BCUT2D eigenvalue weighted by atomic mass is 10.1. The van der Waals surface area contributed by atoms with Crippen LogP contribution in [0.25, 0.3) is 12.2 Å². The van der Waals surface area contributed by atoms with E-state index in [1.807, 2.05) is 57.2 Å². The molecule has 0 saturated heterocycles. The summed E-state index contributed by atoms with van der Waals surface area (Å²) in [7, 11) is 0. The second-order valence-corrected chi connectivity index (χ2v) is 4.29. The van der Waals surface area contributed by atoms with Gasteiger partial charge in [0.1, 0.15) is 0 Å². The first-order valence-corrected chi connectivity index (χ1v) is 6.13. The molecule has 0 radical (unpaired) electrons. The van der Waals surface area contributed by atoms with Crippen molar-refractivity contribution in [2.24, 2.45) is 0 Å². The van der Waals surface area contributed by atoms with Gasteiger partial charge in [0.25, 0.3) is 0 Å². The Kier molecular flexibility index (Phi) is 12.6. The highest BCUT2D eigenvalue weighted by molar-refractivity contribution is 5.63. The number of hydrogen-bond acceptors (Lipinski definition) is 0. The quantitative estimate of drug-likeness (QED) is 0.438. The minimum atomic E-state index is 1.02. The van der Waals surface area contributed by atoms with Crippen LogP contribution in [0.2, 0.25) is 0 Å². The van der Waals surface area contributed by atoms with Crippen molar-refractivity contribution >= 4 is 12.2 Å². The molecule has 0 aromatic heterocycles. The minimum Gasteiger partial charge on any atom is -0.100 e. The topological polar surface area (TPSA) is 0 Å². The SMILES string of the molecule is C=C(C)C.C=CC(=C)C.C=Cc1ccccc1C=C. The van der Waals surface area contributed by atoms with E-state index in [4.69, 9.17) is 0 Å². The summed E-state index contributed by atoms with van der Waals surface area (Å²) in [5.41, 5.74) is 4.46. The Bertz CT molecular complexity index is 402. The zero-order valence-corrected chi connectivity index (χ0v) is 12.6. The van der Waals surface area contributed by atoms with Gasteiger partial charge in [0.15, 0.2) is 0 Å². The van der Waals surface area contributed by atoms with Gasteiger partial charge in [-0.15, -0.1) is 6.58 Å². The summed E-state index contributed by atoms with van der Waals surface area (Å²) in [5.74, 6) is 0. The van der Waals surface area contributed by atoms with Crippen LogP contribution in [0.15, 0.2) is 74.4 Å². The van der Waals surface area contributed by atoms with Crippen LogP contribution >= 0.6 is 0 Å². The van der Waals surface area contributed by atoms with E-state index in [2.05, 4.69) is 32.9 Å². The van der Waals surface area contributed by atoms with Gasteiger partial charge in [0, 0.05) is 0 Å². The van der Waals surface area contributed by atoms with Crippen molar-refractivity contribution in [3.8, 4) is 0 Å². The molecule has 102 valence electrons. The summed E-state index contributed by atoms with van der Waals surface area (Å²) in [6.07, 6.45) is 5.38. The number of hydrogen-bond donors (Lipinski definition) is 0. The van der Waals surface area contributed by atoms with Crippen LogP contribution in [0.5, 0.6) is 0 Å². The zero-order chi connectivity index (χ0) is 15.3. The Morgan fingerprint density at radius 2 is 1.11 bits per heavy atom. The van der Waals surface area contributed by atoms with Crippen LogP contribution in [0.3, 0.4) is 0 Å². The first kappa shape index (κ1) is 19.3. The molecule has 0 aliphatic rings. The fourth-order valence-electron chi connectivity index (χ4n) is 0.883. The van der Waals surface area contributed by atoms with Crippen LogP contribution < -0.4 is 0 Å². The maximum Gasteiger partial charge on any atom is -0.0190 e. The average molecular weight is 254 g/mol. The van der Waals surface area contributed by atoms with E-state index in [1.165, 1.54) is 5.57 Å². The van der Waals surface area contributed by atoms with Gasteiger partial charge in [0.2, 0.25) is 0 Å². The molecule has 0 aliphatic heterocycles. The Balaban J connectivity index is 0. The molecule has 0 heteroatoms. The summed E-state index contributed by atoms with van der Waals surface area (Å²) in [5, 5.41) is 0. The molecule has 0 nitrogen and oxygen atoms in total. The molecular formula is C19H26. The smallest absolute Gasteiger partial charge is 0.0190 e. The summed E-state index contributed by atoms with van der Waals surface area (Å²) >= 11 is 0. The van der Waals surface area contributed by atoms with Crippen LogP contribution in [-0.4, -0.2) is 0 Å². The molecule has 0 bridgehead atoms. The molecule has 0 heterocycles. The molecule has 0 spiro atoms. The molecule has 0 amide bonds. The van der Waals surface area contributed by atoms with Gasteiger partial charge in [-0.25, -0.2) is 0 Å². The van der Waals surface area contributed by atoms with Gasteiger partial charge >= 0.3 is 0 Å². The maximum absolute atomic E-state index is 3.69. The standard InChI is InChI=1S/C10H10.C5H8.C4H8/c1-3-9-7-5-6-8-10(9)4-2;1-4-5(2)3;1-4(2)3/h3-8H,1-2H2;4H,1-2H2,3H3;1H2,2-3H3. The van der Waals surface area contributed by atoms with Crippen LogP contribution in [0.4, 0.5) is 0 Å². The highest BCUT2D eigenvalue weighted by Gasteiger charge is 1.89. The maximum atomic E-state index is 3.69. The van der Waals surface area contributed by atoms with E-state index >= 15 is 0 Å². The second kappa shape index (κ2) is 12.4. The number of allylic oxidation sites excluding steroid dienone is 3. The first-order valence-electron chi connectivity index (χ1n) is 6.13. The molecule has 1 rings (SSSR count). The highest BCUT2D eigenvalue weighted by Crippen LogP contribution is 2.10. The van der Waals surface area contributed by atoms with E-state index < -0.39 is 0 Å². The molecule has 0 atom stereocenters. The molecule has 1 aromatic rings. The van der Waals surface area contributed by atoms with Crippen molar-refractivity contribution < 1.29 is 0 Å². The molecule has 19 heavy (non-hydrogen) atoms. The van der Waals surface area contributed by atoms with Gasteiger partial charge in [-0.2, -0.15) is 0 Å². The Morgan fingerprint density at radius 3 is 1.26 bits per heavy atom. The second-order valence-electron chi connectivity index (χ2n) is 4.29. The van der Waals surface area contributed by atoms with Gasteiger partial charge in [-0.3, -0.25) is 0 Å². The molecule has 1 aromatic carbocycles. The fourth-order valence-corrected chi connectivity index (χ4v) is 0.883. The van der Waals surface area contributed by atoms with E-state index in [1.54, 1.807) is 6.08 Å². The first-order chi connectivity index (χ1) is 8.88. The van der Waals surface area contributed by atoms with Crippen molar-refractivity contribution in [3.05, 3.63) is 85.5 Å². The van der Waals surface area contributed by atoms with Crippen molar-refractivity contribution in [2.45, 2.75) is 20.8 Å². The monoisotopic (exact) mass is 254 g/mol. The predicted octanol–water partition coefficient (Wildman–Crippen LogP) is 6.30. The summed E-state index contributed by atoms with van der Waals surface area (Å²) in [6.45, 7) is 23.8. The van der Waals surface area contributed by atoms with Gasteiger partial charge in [-0.05, 0) is 31.9 Å². The summed E-state index contributed by atoms with van der Waals surface area (Å²) in [6, 6.07) is 8.02. The van der Waals surface area contributed by atoms with E-state index in [0.29, 0.717) is 0 Å². The summed E-state index contributed by atoms with van der Waals surface area (Å²) in [4.78, 5) is 0. The molecule has 0 unspecified atom stereocenters. The largest absolute Gasteiger partial charge is 0.100 e. The molecule has 0 N–H and O–H groups in total. The average Bonchev–Trinajstić information content (AvgIpc) is 2.38. The Hall–Kier alpha value is -2.08. The summed E-state index contributed by atoms with van der Waals surface area (Å²) < 4.78 is 0. The molecular weight excluding hydrogens is 228 g/mol. The predicted molar refractivity (Wildman–Crippen MR) is 92.1 cm³/mol. The van der Waals surface area contributed by atoms with Crippen molar-refractivity contribution in [3.63, 3.8) is 0 Å². The highest BCUT2D eigenvalue weighted by atomic mass is 13.9. The van der Waals surface area contributed by atoms with Crippen molar-refractivity contribution in [1.82, 2.24) is 0 Å². The lowest BCUT2D eigenvalue weighted by Crippen LogP contribution is -1.76. The van der Waals surface area contributed by atoms with Gasteiger partial charge in [0.05, 0.1) is 0 Å². The van der Waals surface area contributed by atoms with Crippen LogP contribution in [0, 0.1) is 0 Å². The number of rotatable bonds is 3. The van der Waals surface area contributed by atoms with Gasteiger partial charge in [-0.1, -0.05) is 80.0 Å². The minimum absolute atomic E-state index is 1.02. The lowest BCUT2D eigenvalue weighted by molar-refractivity contribution is 1.42. The molecule has 0 aliphatic carbocycles. The molecule has 0 saturated carbocycles. The van der Waals surface area contributed by atoms with Crippen LogP contribution in [0.1, 0.15) is 31.9 Å². The fraction of sp³-hybridized carbons (Fsp3) is 0.158. The van der Waals surface area contributed by atoms with E-state index in [0.717, 1.165) is 16.7 Å². The van der Waals surface area contributed by atoms with Crippen molar-refractivity contribution in [2.75, 3.05) is 0 Å². The van der Waals surface area contributed by atoms with E-state index in [-0.39, 0.29) is 0 Å². The van der Waals surface area contributed by atoms with E-state index in [9.17, 15) is 0 Å². The third kappa shape index (κ3) is 13.9. The van der Waals surface area contributed by atoms with Crippen molar-refractivity contribution in [1.29, 1.82) is 0 Å². The number of benzene rings is 1. The lowest BCUT2D eigenvalue weighted by Gasteiger charge is -1.96. The molecule has 0 fully saturated rings. The third-order valence-electron chi connectivity index (χ3n) is 1.78. The normalized spacial score (nSPS) is 7.74.